The van der Waals surface area contributed by atoms with Gasteiger partial charge in [-0.1, -0.05) is 33.6 Å². The van der Waals surface area contributed by atoms with Gasteiger partial charge in [0.05, 0.1) is 0 Å². The molecule has 4 fully saturated rings. The van der Waals surface area contributed by atoms with Gasteiger partial charge in [-0.05, 0) is 111 Å². The Morgan fingerprint density at radius 1 is 0.929 bits per heavy atom. The van der Waals surface area contributed by atoms with Crippen LogP contribution in [0.15, 0.2) is 0 Å². The quantitative estimate of drug-likeness (QED) is 0.424. The summed E-state index contributed by atoms with van der Waals surface area (Å²) < 4.78 is 0. The molecule has 0 aliphatic heterocycles. The Kier molecular flexibility index (Phi) is 6.20. The van der Waals surface area contributed by atoms with Crippen molar-refractivity contribution in [3.05, 3.63) is 0 Å². The molecule has 0 radical (unpaired) electrons. The number of terminal acetylenes is 1. The summed E-state index contributed by atoms with van der Waals surface area (Å²) in [7, 11) is 0. The molecule has 0 aromatic carbocycles. The van der Waals surface area contributed by atoms with Gasteiger partial charge in [-0.15, -0.1) is 12.3 Å². The third-order valence-electron chi connectivity index (χ3n) is 10.6. The van der Waals surface area contributed by atoms with Gasteiger partial charge in [-0.2, -0.15) is 11.8 Å². The summed E-state index contributed by atoms with van der Waals surface area (Å²) in [5.41, 5.74) is 1.19. The van der Waals surface area contributed by atoms with Crippen molar-refractivity contribution in [1.29, 1.82) is 0 Å². The van der Waals surface area contributed by atoms with Crippen molar-refractivity contribution in [3.63, 3.8) is 0 Å². The van der Waals surface area contributed by atoms with Crippen LogP contribution in [0.1, 0.15) is 97.8 Å². The Balaban J connectivity index is 1.51. The first-order valence-corrected chi connectivity index (χ1v) is 13.7. The molecular formula is C27H44S. The maximum atomic E-state index is 6.14. The molecule has 0 N–H and O–H groups in total. The Labute approximate surface area is 179 Å². The first-order chi connectivity index (χ1) is 13.4. The van der Waals surface area contributed by atoms with Crippen molar-refractivity contribution in [2.75, 3.05) is 6.26 Å². The fourth-order valence-electron chi connectivity index (χ4n) is 8.93. The zero-order chi connectivity index (χ0) is 19.9. The normalized spacial score (nSPS) is 47.3. The molecule has 4 rings (SSSR count). The van der Waals surface area contributed by atoms with Crippen LogP contribution in [0.4, 0.5) is 0 Å². The molecule has 9 atom stereocenters. The lowest BCUT2D eigenvalue weighted by molar-refractivity contribution is -0.113. The standard InChI is InChI=1S/C27H44S/c1-6-20(11-10-19(2)28-5)23-14-15-24-22-13-12-21-9-7-8-17-26(21,3)25(22)16-18-27(23,24)4/h1,19-25H,7-18H2,2-5H3. The van der Waals surface area contributed by atoms with E-state index in [1.165, 1.54) is 77.0 Å². The van der Waals surface area contributed by atoms with Gasteiger partial charge >= 0.3 is 0 Å². The average Bonchev–Trinajstić information content (AvgIpc) is 3.05. The predicted molar refractivity (Wildman–Crippen MR) is 124 cm³/mol. The van der Waals surface area contributed by atoms with E-state index in [1.807, 2.05) is 11.8 Å². The third-order valence-corrected chi connectivity index (χ3v) is 11.7. The van der Waals surface area contributed by atoms with Crippen LogP contribution < -0.4 is 0 Å². The number of thioether (sulfide) groups is 1. The smallest absolute Gasteiger partial charge is 0.0234 e. The monoisotopic (exact) mass is 400 g/mol. The zero-order valence-electron chi connectivity index (χ0n) is 19.0. The molecule has 0 heterocycles. The van der Waals surface area contributed by atoms with Crippen LogP contribution in [0, 0.1) is 58.7 Å². The van der Waals surface area contributed by atoms with Gasteiger partial charge in [0.25, 0.3) is 0 Å². The topological polar surface area (TPSA) is 0 Å². The minimum atomic E-state index is 0.516. The lowest BCUT2D eigenvalue weighted by Crippen LogP contribution is -2.53. The van der Waals surface area contributed by atoms with E-state index in [2.05, 4.69) is 32.9 Å². The molecule has 0 bridgehead atoms. The highest BCUT2D eigenvalue weighted by Crippen LogP contribution is 2.68. The van der Waals surface area contributed by atoms with Gasteiger partial charge in [-0.3, -0.25) is 0 Å². The summed E-state index contributed by atoms with van der Waals surface area (Å²) in [5, 5.41) is 0.748. The summed E-state index contributed by atoms with van der Waals surface area (Å²) in [6.45, 7) is 7.74. The maximum Gasteiger partial charge on any atom is 0.0234 e. The molecular weight excluding hydrogens is 356 g/mol. The van der Waals surface area contributed by atoms with Crippen LogP contribution in [-0.2, 0) is 0 Å². The van der Waals surface area contributed by atoms with E-state index >= 15 is 0 Å². The fraction of sp³-hybridized carbons (Fsp3) is 0.926. The molecule has 28 heavy (non-hydrogen) atoms. The number of hydrogen-bond acceptors (Lipinski definition) is 1. The van der Waals surface area contributed by atoms with Crippen LogP contribution in [0.2, 0.25) is 0 Å². The van der Waals surface area contributed by atoms with Crippen LogP contribution in [0.5, 0.6) is 0 Å². The molecule has 4 aliphatic rings. The van der Waals surface area contributed by atoms with E-state index in [0.717, 1.165) is 34.8 Å². The molecule has 4 saturated carbocycles. The Morgan fingerprint density at radius 3 is 2.46 bits per heavy atom. The fourth-order valence-corrected chi connectivity index (χ4v) is 9.30. The van der Waals surface area contributed by atoms with E-state index < -0.39 is 0 Å². The van der Waals surface area contributed by atoms with Gasteiger partial charge in [0.2, 0.25) is 0 Å². The molecule has 0 nitrogen and oxygen atoms in total. The van der Waals surface area contributed by atoms with Gasteiger partial charge < -0.3 is 0 Å². The lowest BCUT2D eigenvalue weighted by Gasteiger charge is -2.60. The van der Waals surface area contributed by atoms with E-state index in [0.29, 0.717) is 16.7 Å². The van der Waals surface area contributed by atoms with Crippen molar-refractivity contribution >= 4 is 11.8 Å². The second-order valence-corrected chi connectivity index (χ2v) is 12.8. The lowest BCUT2D eigenvalue weighted by atomic mass is 9.44. The van der Waals surface area contributed by atoms with Crippen molar-refractivity contribution < 1.29 is 0 Å². The summed E-state index contributed by atoms with van der Waals surface area (Å²) >= 11 is 2.00. The van der Waals surface area contributed by atoms with Crippen molar-refractivity contribution in [3.8, 4) is 12.3 Å². The van der Waals surface area contributed by atoms with Crippen LogP contribution >= 0.6 is 11.8 Å². The molecule has 9 unspecified atom stereocenters. The van der Waals surface area contributed by atoms with E-state index in [-0.39, 0.29) is 0 Å². The molecule has 0 aromatic rings. The number of fused-ring (bicyclic) bond motifs is 5. The highest BCUT2D eigenvalue weighted by Gasteiger charge is 2.60. The molecule has 0 saturated heterocycles. The molecule has 158 valence electrons. The first-order valence-electron chi connectivity index (χ1n) is 12.4. The second kappa shape index (κ2) is 8.21. The molecule has 1 heteroatoms. The molecule has 0 amide bonds. The van der Waals surface area contributed by atoms with Gasteiger partial charge in [0.1, 0.15) is 0 Å². The Hall–Kier alpha value is -0.0900. The van der Waals surface area contributed by atoms with E-state index in [1.54, 1.807) is 0 Å². The van der Waals surface area contributed by atoms with Crippen molar-refractivity contribution in [2.45, 2.75) is 103 Å². The van der Waals surface area contributed by atoms with Gasteiger partial charge in [-0.25, -0.2) is 0 Å². The largest absolute Gasteiger partial charge is 0.162 e. The number of rotatable bonds is 5. The maximum absolute atomic E-state index is 6.14. The minimum absolute atomic E-state index is 0.516. The first kappa shape index (κ1) is 21.2. The predicted octanol–water partition coefficient (Wildman–Crippen LogP) is 7.82. The van der Waals surface area contributed by atoms with Crippen molar-refractivity contribution in [1.82, 2.24) is 0 Å². The minimum Gasteiger partial charge on any atom is -0.162 e. The molecule has 4 aliphatic carbocycles. The van der Waals surface area contributed by atoms with Crippen LogP contribution in [-0.4, -0.2) is 11.5 Å². The zero-order valence-corrected chi connectivity index (χ0v) is 19.8. The summed E-state index contributed by atoms with van der Waals surface area (Å²) in [6.07, 6.45) is 25.9. The highest BCUT2D eigenvalue weighted by molar-refractivity contribution is 7.99. The number of hydrogen-bond donors (Lipinski definition) is 0. The van der Waals surface area contributed by atoms with Crippen LogP contribution in [0.25, 0.3) is 0 Å². The van der Waals surface area contributed by atoms with Gasteiger partial charge in [0, 0.05) is 11.2 Å². The Bertz CT molecular complexity index is 590. The third kappa shape index (κ3) is 3.39. The Morgan fingerprint density at radius 2 is 1.71 bits per heavy atom. The SMILES string of the molecule is C#CC(CCC(C)SC)C1CCC2C3CCC4CCCCC4(C)C3CCC12C. The van der Waals surface area contributed by atoms with Crippen molar-refractivity contribution in [2.24, 2.45) is 46.3 Å². The van der Waals surface area contributed by atoms with E-state index in [9.17, 15) is 0 Å². The molecule has 0 aromatic heterocycles. The highest BCUT2D eigenvalue weighted by atomic mass is 32.2. The summed E-state index contributed by atoms with van der Waals surface area (Å²) in [4.78, 5) is 0. The van der Waals surface area contributed by atoms with Gasteiger partial charge in [0.15, 0.2) is 0 Å². The average molecular weight is 401 g/mol. The summed E-state index contributed by atoms with van der Waals surface area (Å²) in [5.74, 6) is 8.62. The summed E-state index contributed by atoms with van der Waals surface area (Å²) in [6, 6.07) is 0. The molecule has 0 spiro atoms. The van der Waals surface area contributed by atoms with E-state index in [4.69, 9.17) is 6.42 Å². The van der Waals surface area contributed by atoms with Crippen LogP contribution in [0.3, 0.4) is 0 Å². The second-order valence-electron chi connectivity index (χ2n) is 11.5.